The maximum absolute atomic E-state index is 5.77. The smallest absolute Gasteiger partial charge is 0.170 e. The Bertz CT molecular complexity index is 1190. The molecule has 0 aliphatic carbocycles. The van der Waals surface area contributed by atoms with E-state index in [2.05, 4.69) is 44.7 Å². The molecule has 156 valence electrons. The molecule has 0 unspecified atom stereocenters. The molecule has 0 aromatic carbocycles. The quantitative estimate of drug-likeness (QED) is 0.466. The van der Waals surface area contributed by atoms with E-state index in [1.807, 2.05) is 60.9 Å². The third-order valence-corrected chi connectivity index (χ3v) is 6.12. The van der Waals surface area contributed by atoms with Crippen molar-refractivity contribution in [1.29, 1.82) is 0 Å². The van der Waals surface area contributed by atoms with Crippen LogP contribution in [-0.2, 0) is 6.54 Å². The van der Waals surface area contributed by atoms with Gasteiger partial charge in [-0.1, -0.05) is 12.1 Å². The summed E-state index contributed by atoms with van der Waals surface area (Å²) in [5.41, 5.74) is 4.41. The predicted molar refractivity (Wildman–Crippen MR) is 123 cm³/mol. The van der Waals surface area contributed by atoms with Crippen molar-refractivity contribution in [3.8, 4) is 5.82 Å². The van der Waals surface area contributed by atoms with Gasteiger partial charge in [-0.2, -0.15) is 0 Å². The van der Waals surface area contributed by atoms with Gasteiger partial charge in [-0.15, -0.1) is 0 Å². The monoisotopic (exact) mass is 429 g/mol. The van der Waals surface area contributed by atoms with E-state index in [-0.39, 0.29) is 12.1 Å². The summed E-state index contributed by atoms with van der Waals surface area (Å²) < 4.78 is 7.83. The zero-order chi connectivity index (χ0) is 21.4. The summed E-state index contributed by atoms with van der Waals surface area (Å²) in [7, 11) is 0. The number of thiocarbonyl (C=S) groups is 1. The van der Waals surface area contributed by atoms with Crippen LogP contribution in [0, 0.1) is 13.8 Å². The molecule has 0 radical (unpaired) electrons. The highest BCUT2D eigenvalue weighted by molar-refractivity contribution is 7.80. The molecule has 4 aromatic rings. The molecule has 7 heteroatoms. The van der Waals surface area contributed by atoms with E-state index in [0.717, 1.165) is 28.7 Å². The van der Waals surface area contributed by atoms with Gasteiger partial charge in [0, 0.05) is 23.8 Å². The maximum Gasteiger partial charge on any atom is 0.170 e. The number of pyridine rings is 2. The highest BCUT2D eigenvalue weighted by Crippen LogP contribution is 2.42. The van der Waals surface area contributed by atoms with E-state index in [9.17, 15) is 0 Å². The lowest BCUT2D eigenvalue weighted by Crippen LogP contribution is -2.29. The standard InChI is InChI=1S/C24H23N5OS/c1-16-14-19(17(2)29(16)21-10-4-6-12-26-21)23-22(20-9-3-5-11-25-20)27-24(31)28(23)15-18-8-7-13-30-18/h3-14,22-23H,15H2,1-2H3,(H,27,31)/t22-,23+/m0/s1. The third kappa shape index (κ3) is 3.51. The fourth-order valence-corrected chi connectivity index (χ4v) is 4.72. The fraction of sp³-hybridized carbons (Fsp3) is 0.208. The van der Waals surface area contributed by atoms with Crippen molar-refractivity contribution in [2.75, 3.05) is 0 Å². The van der Waals surface area contributed by atoms with Crippen molar-refractivity contribution in [2.45, 2.75) is 32.5 Å². The number of nitrogens with zero attached hydrogens (tertiary/aromatic N) is 4. The zero-order valence-corrected chi connectivity index (χ0v) is 18.2. The number of hydrogen-bond acceptors (Lipinski definition) is 4. The van der Waals surface area contributed by atoms with E-state index in [1.165, 1.54) is 5.56 Å². The average Bonchev–Trinajstić information content (AvgIpc) is 3.49. The molecular weight excluding hydrogens is 406 g/mol. The second-order valence-electron chi connectivity index (χ2n) is 7.68. The molecule has 1 N–H and O–H groups in total. The Morgan fingerprint density at radius 2 is 1.84 bits per heavy atom. The van der Waals surface area contributed by atoms with Gasteiger partial charge in [0.15, 0.2) is 5.11 Å². The Labute approximate surface area is 186 Å². The Morgan fingerprint density at radius 3 is 2.52 bits per heavy atom. The average molecular weight is 430 g/mol. The van der Waals surface area contributed by atoms with Crippen LogP contribution >= 0.6 is 12.2 Å². The summed E-state index contributed by atoms with van der Waals surface area (Å²) in [6.07, 6.45) is 5.34. The zero-order valence-electron chi connectivity index (χ0n) is 17.4. The molecule has 0 saturated carbocycles. The number of nitrogens with one attached hydrogen (secondary N) is 1. The van der Waals surface area contributed by atoms with Crippen LogP contribution in [0.15, 0.2) is 77.7 Å². The second kappa shape index (κ2) is 8.00. The first-order valence-electron chi connectivity index (χ1n) is 10.2. The third-order valence-electron chi connectivity index (χ3n) is 5.77. The van der Waals surface area contributed by atoms with E-state index >= 15 is 0 Å². The Balaban J connectivity index is 1.62. The van der Waals surface area contributed by atoms with E-state index in [1.54, 1.807) is 6.26 Å². The van der Waals surface area contributed by atoms with Gasteiger partial charge >= 0.3 is 0 Å². The first-order valence-corrected chi connectivity index (χ1v) is 10.6. The van der Waals surface area contributed by atoms with Crippen molar-refractivity contribution in [3.63, 3.8) is 0 Å². The summed E-state index contributed by atoms with van der Waals surface area (Å²) in [4.78, 5) is 11.4. The summed E-state index contributed by atoms with van der Waals surface area (Å²) >= 11 is 5.77. The van der Waals surface area contributed by atoms with E-state index < -0.39 is 0 Å². The highest BCUT2D eigenvalue weighted by Gasteiger charge is 2.41. The summed E-state index contributed by atoms with van der Waals surface area (Å²) in [6, 6.07) is 18.0. The molecule has 5 heterocycles. The molecular formula is C24H23N5OS. The molecule has 31 heavy (non-hydrogen) atoms. The minimum absolute atomic E-state index is 0.0313. The van der Waals surface area contributed by atoms with Crippen molar-refractivity contribution >= 4 is 17.3 Å². The number of furan rings is 1. The lowest BCUT2D eigenvalue weighted by molar-refractivity contribution is 0.286. The lowest BCUT2D eigenvalue weighted by atomic mass is 9.96. The molecule has 0 amide bonds. The minimum Gasteiger partial charge on any atom is -0.467 e. The van der Waals surface area contributed by atoms with Gasteiger partial charge in [0.05, 0.1) is 30.6 Å². The minimum atomic E-state index is -0.0682. The van der Waals surface area contributed by atoms with Crippen LogP contribution in [0.1, 0.15) is 40.5 Å². The van der Waals surface area contributed by atoms with Gasteiger partial charge < -0.3 is 19.2 Å². The van der Waals surface area contributed by atoms with Gasteiger partial charge in [-0.3, -0.25) is 4.98 Å². The SMILES string of the molecule is Cc1cc([C@@H]2[C@H](c3ccccn3)NC(=S)N2Cc2ccco2)c(C)n1-c1ccccn1. The molecule has 1 fully saturated rings. The number of hydrogen-bond donors (Lipinski definition) is 1. The van der Waals surface area contributed by atoms with Crippen molar-refractivity contribution in [1.82, 2.24) is 24.8 Å². The normalized spacial score (nSPS) is 18.4. The van der Waals surface area contributed by atoms with Gasteiger partial charge in [-0.05, 0) is 74.1 Å². The molecule has 0 bridgehead atoms. The van der Waals surface area contributed by atoms with Crippen LogP contribution < -0.4 is 5.32 Å². The van der Waals surface area contributed by atoms with Gasteiger partial charge in [0.25, 0.3) is 0 Å². The number of aryl methyl sites for hydroxylation is 1. The van der Waals surface area contributed by atoms with E-state index in [4.69, 9.17) is 16.6 Å². The number of rotatable bonds is 5. The Kier molecular flexibility index (Phi) is 5.03. The van der Waals surface area contributed by atoms with Crippen LogP contribution in [0.3, 0.4) is 0 Å². The highest BCUT2D eigenvalue weighted by atomic mass is 32.1. The molecule has 4 aromatic heterocycles. The van der Waals surface area contributed by atoms with Gasteiger partial charge in [0.1, 0.15) is 11.6 Å². The molecule has 1 aliphatic rings. The molecule has 6 nitrogen and oxygen atoms in total. The van der Waals surface area contributed by atoms with Crippen molar-refractivity contribution in [3.05, 3.63) is 102 Å². The predicted octanol–water partition coefficient (Wildman–Crippen LogP) is 4.65. The molecule has 5 rings (SSSR count). The molecule has 1 aliphatic heterocycles. The van der Waals surface area contributed by atoms with Crippen LogP contribution in [0.5, 0.6) is 0 Å². The van der Waals surface area contributed by atoms with Crippen molar-refractivity contribution < 1.29 is 4.42 Å². The molecule has 0 spiro atoms. The largest absolute Gasteiger partial charge is 0.467 e. The van der Waals surface area contributed by atoms with Crippen LogP contribution in [0.2, 0.25) is 0 Å². The summed E-state index contributed by atoms with van der Waals surface area (Å²) in [6.45, 7) is 4.83. The topological polar surface area (TPSA) is 59.1 Å². The van der Waals surface area contributed by atoms with Gasteiger partial charge in [-0.25, -0.2) is 4.98 Å². The first-order chi connectivity index (χ1) is 15.1. The summed E-state index contributed by atoms with van der Waals surface area (Å²) in [5, 5.41) is 4.20. The van der Waals surface area contributed by atoms with Crippen LogP contribution in [0.4, 0.5) is 0 Å². The Hall–Kier alpha value is -3.45. The molecule has 1 saturated heterocycles. The van der Waals surface area contributed by atoms with E-state index in [0.29, 0.717) is 11.7 Å². The first kappa shape index (κ1) is 19.5. The summed E-state index contributed by atoms with van der Waals surface area (Å²) in [5.74, 6) is 1.78. The van der Waals surface area contributed by atoms with Crippen LogP contribution in [-0.4, -0.2) is 24.5 Å². The number of aromatic nitrogens is 3. The Morgan fingerprint density at radius 1 is 1.03 bits per heavy atom. The van der Waals surface area contributed by atoms with Crippen molar-refractivity contribution in [2.24, 2.45) is 0 Å². The second-order valence-corrected chi connectivity index (χ2v) is 8.07. The lowest BCUT2D eigenvalue weighted by Gasteiger charge is -2.27. The maximum atomic E-state index is 5.77. The fourth-order valence-electron chi connectivity index (χ4n) is 4.41. The van der Waals surface area contributed by atoms with Crippen LogP contribution in [0.25, 0.3) is 5.82 Å². The molecule has 2 atom stereocenters. The van der Waals surface area contributed by atoms with Gasteiger partial charge in [0.2, 0.25) is 0 Å².